The Morgan fingerprint density at radius 3 is 2.45 bits per heavy atom. The third-order valence-corrected chi connectivity index (χ3v) is 4.39. The molecule has 22 heavy (non-hydrogen) atoms. The molecule has 1 rings (SSSR count). The van der Waals surface area contributed by atoms with E-state index in [0.717, 1.165) is 4.47 Å². The van der Waals surface area contributed by atoms with Gasteiger partial charge in [-0.05, 0) is 40.9 Å². The molecule has 0 saturated carbocycles. The summed E-state index contributed by atoms with van der Waals surface area (Å²) in [6, 6.07) is 3.47. The van der Waals surface area contributed by atoms with Crippen LogP contribution in [0.4, 0.5) is 5.82 Å². The SMILES string of the molecule is CCC(CC)(CN)C(=O)N(C)CC(=O)Nc1ccc(Br)cn1. The zero-order valence-corrected chi connectivity index (χ0v) is 14.8. The number of anilines is 1. The number of halogens is 1. The van der Waals surface area contributed by atoms with Crippen molar-refractivity contribution in [3.8, 4) is 0 Å². The van der Waals surface area contributed by atoms with E-state index in [2.05, 4.69) is 26.2 Å². The first kappa shape index (κ1) is 18.6. The third-order valence-electron chi connectivity index (χ3n) is 3.92. The van der Waals surface area contributed by atoms with Crippen molar-refractivity contribution in [2.24, 2.45) is 11.1 Å². The van der Waals surface area contributed by atoms with Gasteiger partial charge in [-0.15, -0.1) is 0 Å². The summed E-state index contributed by atoms with van der Waals surface area (Å²) in [6.45, 7) is 4.12. The average Bonchev–Trinajstić information content (AvgIpc) is 2.51. The normalized spacial score (nSPS) is 11.1. The van der Waals surface area contributed by atoms with Crippen molar-refractivity contribution in [1.82, 2.24) is 9.88 Å². The zero-order chi connectivity index (χ0) is 16.8. The summed E-state index contributed by atoms with van der Waals surface area (Å²) < 4.78 is 0.830. The second-order valence-electron chi connectivity index (χ2n) is 5.26. The van der Waals surface area contributed by atoms with E-state index in [1.807, 2.05) is 13.8 Å². The standard InChI is InChI=1S/C15H23BrN4O2/c1-4-15(5-2,10-17)14(22)20(3)9-13(21)19-12-7-6-11(16)8-18-12/h6-8H,4-5,9-10,17H2,1-3H3,(H,18,19,21). The quantitative estimate of drug-likeness (QED) is 0.768. The maximum Gasteiger partial charge on any atom is 0.245 e. The molecule has 0 aliphatic rings. The molecule has 2 amide bonds. The van der Waals surface area contributed by atoms with Crippen molar-refractivity contribution in [2.45, 2.75) is 26.7 Å². The highest BCUT2D eigenvalue weighted by molar-refractivity contribution is 9.10. The molecule has 0 atom stereocenters. The number of aromatic nitrogens is 1. The first-order chi connectivity index (χ1) is 10.4. The fourth-order valence-electron chi connectivity index (χ4n) is 2.25. The molecule has 0 spiro atoms. The highest BCUT2D eigenvalue weighted by Crippen LogP contribution is 2.27. The Bertz CT molecular complexity index is 507. The topological polar surface area (TPSA) is 88.3 Å². The Morgan fingerprint density at radius 2 is 2.00 bits per heavy atom. The van der Waals surface area contributed by atoms with Crippen LogP contribution in [0.1, 0.15) is 26.7 Å². The fraction of sp³-hybridized carbons (Fsp3) is 0.533. The predicted octanol–water partition coefficient (Wildman–Crippen LogP) is 2.01. The van der Waals surface area contributed by atoms with Crippen LogP contribution in [-0.4, -0.2) is 41.8 Å². The number of rotatable bonds is 7. The lowest BCUT2D eigenvalue weighted by atomic mass is 9.81. The van der Waals surface area contributed by atoms with Crippen LogP contribution >= 0.6 is 15.9 Å². The van der Waals surface area contributed by atoms with E-state index >= 15 is 0 Å². The van der Waals surface area contributed by atoms with Gasteiger partial charge in [0.1, 0.15) is 5.82 Å². The van der Waals surface area contributed by atoms with Crippen LogP contribution in [0.5, 0.6) is 0 Å². The Hall–Kier alpha value is -1.47. The number of hydrogen-bond donors (Lipinski definition) is 2. The molecule has 0 saturated heterocycles. The molecule has 0 unspecified atom stereocenters. The molecule has 0 aliphatic carbocycles. The van der Waals surface area contributed by atoms with Crippen molar-refractivity contribution in [3.05, 3.63) is 22.8 Å². The summed E-state index contributed by atoms with van der Waals surface area (Å²) in [6.07, 6.45) is 2.90. The minimum absolute atomic E-state index is 0.0294. The highest BCUT2D eigenvalue weighted by atomic mass is 79.9. The van der Waals surface area contributed by atoms with Crippen LogP contribution in [0, 0.1) is 5.41 Å². The van der Waals surface area contributed by atoms with Crippen LogP contribution in [-0.2, 0) is 9.59 Å². The molecule has 1 aromatic heterocycles. The summed E-state index contributed by atoms with van der Waals surface area (Å²) in [7, 11) is 1.62. The molecule has 0 radical (unpaired) electrons. The molecule has 1 heterocycles. The van der Waals surface area contributed by atoms with E-state index in [1.54, 1.807) is 25.4 Å². The molecule has 122 valence electrons. The van der Waals surface area contributed by atoms with Gasteiger partial charge in [-0.1, -0.05) is 13.8 Å². The molecule has 1 aromatic rings. The molecule has 0 bridgehead atoms. The van der Waals surface area contributed by atoms with Crippen molar-refractivity contribution in [2.75, 3.05) is 25.5 Å². The summed E-state index contributed by atoms with van der Waals surface area (Å²) in [5.41, 5.74) is 5.18. The number of nitrogens with zero attached hydrogens (tertiary/aromatic N) is 2. The Labute approximate surface area is 139 Å². The van der Waals surface area contributed by atoms with Crippen LogP contribution in [0.15, 0.2) is 22.8 Å². The summed E-state index contributed by atoms with van der Waals surface area (Å²) in [5.74, 6) is 0.0628. The fourth-order valence-corrected chi connectivity index (χ4v) is 2.49. The van der Waals surface area contributed by atoms with Gasteiger partial charge in [0.15, 0.2) is 0 Å². The minimum atomic E-state index is -0.592. The first-order valence-corrected chi connectivity index (χ1v) is 8.05. The van der Waals surface area contributed by atoms with E-state index in [1.165, 1.54) is 4.90 Å². The van der Waals surface area contributed by atoms with Crippen molar-refractivity contribution >= 4 is 33.6 Å². The van der Waals surface area contributed by atoms with Gasteiger partial charge in [-0.25, -0.2) is 4.98 Å². The molecule has 6 nitrogen and oxygen atoms in total. The van der Waals surface area contributed by atoms with E-state index < -0.39 is 5.41 Å². The number of carbonyl (C=O) groups excluding carboxylic acids is 2. The number of pyridine rings is 1. The van der Waals surface area contributed by atoms with Gasteiger partial charge in [0.25, 0.3) is 0 Å². The molecule has 3 N–H and O–H groups in total. The first-order valence-electron chi connectivity index (χ1n) is 7.25. The molecule has 0 aromatic carbocycles. The third kappa shape index (κ3) is 4.51. The smallest absolute Gasteiger partial charge is 0.245 e. The van der Waals surface area contributed by atoms with Gasteiger partial charge >= 0.3 is 0 Å². The van der Waals surface area contributed by atoms with Crippen molar-refractivity contribution in [1.29, 1.82) is 0 Å². The van der Waals surface area contributed by atoms with Gasteiger partial charge in [-0.3, -0.25) is 9.59 Å². The maximum absolute atomic E-state index is 12.5. The van der Waals surface area contributed by atoms with E-state index in [4.69, 9.17) is 5.73 Å². The van der Waals surface area contributed by atoms with E-state index in [-0.39, 0.29) is 24.9 Å². The van der Waals surface area contributed by atoms with Crippen LogP contribution in [0.2, 0.25) is 0 Å². The molecule has 0 aliphatic heterocycles. The summed E-state index contributed by atoms with van der Waals surface area (Å²) in [4.78, 5) is 30.0. The van der Waals surface area contributed by atoms with Crippen LogP contribution in [0.25, 0.3) is 0 Å². The van der Waals surface area contributed by atoms with Gasteiger partial charge in [0.05, 0.1) is 12.0 Å². The number of hydrogen-bond acceptors (Lipinski definition) is 4. The summed E-state index contributed by atoms with van der Waals surface area (Å²) in [5, 5.41) is 2.66. The molecule has 7 heteroatoms. The largest absolute Gasteiger partial charge is 0.336 e. The predicted molar refractivity (Wildman–Crippen MR) is 90.3 cm³/mol. The molecular formula is C15H23BrN4O2. The lowest BCUT2D eigenvalue weighted by Gasteiger charge is -2.32. The second kappa shape index (κ2) is 8.24. The summed E-state index contributed by atoms with van der Waals surface area (Å²) >= 11 is 3.28. The van der Waals surface area contributed by atoms with Gasteiger partial charge < -0.3 is 16.0 Å². The Kier molecular flexibility index (Phi) is 6.96. The Morgan fingerprint density at radius 1 is 1.36 bits per heavy atom. The van der Waals surface area contributed by atoms with Gasteiger partial charge in [-0.2, -0.15) is 0 Å². The van der Waals surface area contributed by atoms with Crippen molar-refractivity contribution in [3.63, 3.8) is 0 Å². The van der Waals surface area contributed by atoms with Gasteiger partial charge in [0, 0.05) is 24.3 Å². The molecule has 0 fully saturated rings. The van der Waals surface area contributed by atoms with Gasteiger partial charge in [0.2, 0.25) is 11.8 Å². The number of amides is 2. The van der Waals surface area contributed by atoms with E-state index in [9.17, 15) is 9.59 Å². The van der Waals surface area contributed by atoms with Crippen LogP contribution in [0.3, 0.4) is 0 Å². The minimum Gasteiger partial charge on any atom is -0.336 e. The van der Waals surface area contributed by atoms with Crippen LogP contribution < -0.4 is 11.1 Å². The maximum atomic E-state index is 12.5. The molecular weight excluding hydrogens is 348 g/mol. The zero-order valence-electron chi connectivity index (χ0n) is 13.2. The lowest BCUT2D eigenvalue weighted by Crippen LogP contribution is -2.48. The second-order valence-corrected chi connectivity index (χ2v) is 6.18. The number of likely N-dealkylation sites (N-methyl/N-ethyl adjacent to an activating group) is 1. The van der Waals surface area contributed by atoms with Crippen molar-refractivity contribution < 1.29 is 9.59 Å². The lowest BCUT2D eigenvalue weighted by molar-refractivity contribution is -0.142. The number of nitrogens with one attached hydrogen (secondary N) is 1. The highest BCUT2D eigenvalue weighted by Gasteiger charge is 2.36. The number of nitrogens with two attached hydrogens (primary N) is 1. The monoisotopic (exact) mass is 370 g/mol. The number of carbonyl (C=O) groups is 2. The Balaban J connectivity index is 2.67. The van der Waals surface area contributed by atoms with E-state index in [0.29, 0.717) is 18.7 Å². The average molecular weight is 371 g/mol.